The van der Waals surface area contributed by atoms with Crippen LogP contribution in [0.2, 0.25) is 0 Å². The van der Waals surface area contributed by atoms with Crippen LogP contribution in [-0.4, -0.2) is 23.9 Å². The van der Waals surface area contributed by atoms with Crippen LogP contribution in [0.3, 0.4) is 0 Å². The summed E-state index contributed by atoms with van der Waals surface area (Å²) in [5.74, 6) is -0.391. The lowest BCUT2D eigenvalue weighted by atomic mass is 10.2. The van der Waals surface area contributed by atoms with Crippen LogP contribution in [0.5, 0.6) is 5.75 Å². The highest BCUT2D eigenvalue weighted by Gasteiger charge is 2.19. The number of hydrogen-bond donors (Lipinski definition) is 2. The van der Waals surface area contributed by atoms with Crippen LogP contribution in [0.4, 0.5) is 15.8 Å². The lowest BCUT2D eigenvalue weighted by Gasteiger charge is -2.14. The number of anilines is 2. The molecule has 0 aliphatic heterocycles. The van der Waals surface area contributed by atoms with Gasteiger partial charge in [-0.1, -0.05) is 17.7 Å². The van der Waals surface area contributed by atoms with E-state index in [1.54, 1.807) is 12.1 Å². The summed E-state index contributed by atoms with van der Waals surface area (Å²) in [4.78, 5) is -0.0889. The number of nitrogens with one attached hydrogen (secondary N) is 2. The molecule has 2 N–H and O–H groups in total. The maximum absolute atomic E-state index is 13.1. The summed E-state index contributed by atoms with van der Waals surface area (Å²) in [6, 6.07) is 14.7. The van der Waals surface area contributed by atoms with E-state index in [4.69, 9.17) is 4.74 Å². The average molecular weight is 451 g/mol. The molecule has 0 radical (unpaired) electrons. The predicted molar refractivity (Wildman–Crippen MR) is 112 cm³/mol. The minimum absolute atomic E-state index is 0.0194. The summed E-state index contributed by atoms with van der Waals surface area (Å²) in [6.45, 7) is 1.84. The Hall–Kier alpha value is -3.11. The molecule has 0 atom stereocenters. The normalized spacial score (nSPS) is 11.7. The van der Waals surface area contributed by atoms with Crippen molar-refractivity contribution < 1.29 is 26.0 Å². The topological polar surface area (TPSA) is 102 Å². The van der Waals surface area contributed by atoms with E-state index in [1.807, 2.05) is 6.92 Å². The number of halogens is 1. The second-order valence-electron chi connectivity index (χ2n) is 6.39. The van der Waals surface area contributed by atoms with E-state index < -0.39 is 25.9 Å². The molecule has 3 rings (SSSR count). The van der Waals surface area contributed by atoms with Crippen molar-refractivity contribution in [3.8, 4) is 5.75 Å². The summed E-state index contributed by atoms with van der Waals surface area (Å²) in [7, 11) is -6.58. The van der Waals surface area contributed by atoms with E-state index in [9.17, 15) is 21.2 Å². The third-order valence-electron chi connectivity index (χ3n) is 4.15. The standard InChI is InChI=1S/C20H19FN2O5S2/c1-14-3-8-17(9-4-14)29(24,25)22-16-7-12-20(28-2)19(13-16)23-30(26,27)18-10-5-15(21)6-11-18/h3-13,22-23H,1-2H3. The van der Waals surface area contributed by atoms with Crippen LogP contribution in [0.25, 0.3) is 0 Å². The molecule has 7 nitrogen and oxygen atoms in total. The van der Waals surface area contributed by atoms with Gasteiger partial charge in [-0.2, -0.15) is 0 Å². The Morgan fingerprint density at radius 3 is 1.87 bits per heavy atom. The van der Waals surface area contributed by atoms with E-state index >= 15 is 0 Å². The Morgan fingerprint density at radius 1 is 0.767 bits per heavy atom. The summed E-state index contributed by atoms with van der Waals surface area (Å²) in [6.07, 6.45) is 0. The number of aryl methyl sites for hydroxylation is 1. The molecule has 0 fully saturated rings. The van der Waals surface area contributed by atoms with Gasteiger partial charge in [-0.3, -0.25) is 9.44 Å². The minimum atomic E-state index is -4.05. The monoisotopic (exact) mass is 450 g/mol. The van der Waals surface area contributed by atoms with Crippen molar-refractivity contribution >= 4 is 31.4 Å². The second-order valence-corrected chi connectivity index (χ2v) is 9.76. The predicted octanol–water partition coefficient (Wildman–Crippen LogP) is 3.74. The molecule has 0 saturated heterocycles. The van der Waals surface area contributed by atoms with Crippen LogP contribution in [-0.2, 0) is 20.0 Å². The van der Waals surface area contributed by atoms with Gasteiger partial charge in [0.15, 0.2) is 0 Å². The molecule has 3 aromatic rings. The van der Waals surface area contributed by atoms with E-state index in [-0.39, 0.29) is 26.9 Å². The Labute approximate surface area is 174 Å². The van der Waals surface area contributed by atoms with Gasteiger partial charge in [0.05, 0.1) is 28.3 Å². The van der Waals surface area contributed by atoms with Gasteiger partial charge in [-0.15, -0.1) is 0 Å². The largest absolute Gasteiger partial charge is 0.495 e. The third-order valence-corrected chi connectivity index (χ3v) is 6.93. The van der Waals surface area contributed by atoms with Crippen LogP contribution in [0, 0.1) is 12.7 Å². The molecule has 0 aliphatic rings. The van der Waals surface area contributed by atoms with Crippen LogP contribution in [0.1, 0.15) is 5.56 Å². The van der Waals surface area contributed by atoms with Crippen LogP contribution >= 0.6 is 0 Å². The molecular formula is C20H19FN2O5S2. The molecule has 0 spiro atoms. The van der Waals surface area contributed by atoms with Crippen molar-refractivity contribution in [3.05, 3.63) is 78.1 Å². The number of rotatable bonds is 7. The summed E-state index contributed by atoms with van der Waals surface area (Å²) in [5.41, 5.74) is 1.06. The number of benzene rings is 3. The lowest BCUT2D eigenvalue weighted by molar-refractivity contribution is 0.417. The first-order valence-electron chi connectivity index (χ1n) is 8.67. The second kappa shape index (κ2) is 8.33. The van der Waals surface area contributed by atoms with Gasteiger partial charge in [0.2, 0.25) is 0 Å². The summed E-state index contributed by atoms with van der Waals surface area (Å²) in [5, 5.41) is 0. The van der Waals surface area contributed by atoms with E-state index in [0.29, 0.717) is 0 Å². The van der Waals surface area contributed by atoms with E-state index in [2.05, 4.69) is 9.44 Å². The minimum Gasteiger partial charge on any atom is -0.495 e. The SMILES string of the molecule is COc1ccc(NS(=O)(=O)c2ccc(C)cc2)cc1NS(=O)(=O)c1ccc(F)cc1. The van der Waals surface area contributed by atoms with Crippen molar-refractivity contribution in [2.45, 2.75) is 16.7 Å². The maximum atomic E-state index is 13.1. The Bertz CT molecular complexity index is 1260. The molecule has 0 aliphatic carbocycles. The highest BCUT2D eigenvalue weighted by atomic mass is 32.2. The van der Waals surface area contributed by atoms with Crippen molar-refractivity contribution in [1.29, 1.82) is 0 Å². The highest BCUT2D eigenvalue weighted by molar-refractivity contribution is 7.93. The Morgan fingerprint density at radius 2 is 1.30 bits per heavy atom. The zero-order valence-corrected chi connectivity index (χ0v) is 17.7. The van der Waals surface area contributed by atoms with Gasteiger partial charge < -0.3 is 4.74 Å². The van der Waals surface area contributed by atoms with Gasteiger partial charge in [0.1, 0.15) is 11.6 Å². The Kier molecular flexibility index (Phi) is 5.99. The van der Waals surface area contributed by atoms with Gasteiger partial charge in [0.25, 0.3) is 20.0 Å². The molecule has 30 heavy (non-hydrogen) atoms. The smallest absolute Gasteiger partial charge is 0.262 e. The molecule has 0 aromatic heterocycles. The lowest BCUT2D eigenvalue weighted by Crippen LogP contribution is -2.15. The summed E-state index contributed by atoms with van der Waals surface area (Å²) < 4.78 is 73.4. The first-order chi connectivity index (χ1) is 14.1. The van der Waals surface area contributed by atoms with Crippen molar-refractivity contribution in [3.63, 3.8) is 0 Å². The quantitative estimate of drug-likeness (QED) is 0.571. The van der Waals surface area contributed by atoms with Gasteiger partial charge in [0, 0.05) is 0 Å². The third kappa shape index (κ3) is 4.89. The van der Waals surface area contributed by atoms with Crippen molar-refractivity contribution in [2.24, 2.45) is 0 Å². The van der Waals surface area contributed by atoms with Gasteiger partial charge >= 0.3 is 0 Å². The molecule has 0 amide bonds. The maximum Gasteiger partial charge on any atom is 0.262 e. The van der Waals surface area contributed by atoms with Gasteiger partial charge in [-0.05, 0) is 61.5 Å². The molecular weight excluding hydrogens is 431 g/mol. The zero-order chi connectivity index (χ0) is 21.9. The molecule has 10 heteroatoms. The fourth-order valence-corrected chi connectivity index (χ4v) is 4.71. The fraction of sp³-hybridized carbons (Fsp3) is 0.100. The average Bonchev–Trinajstić information content (AvgIpc) is 2.68. The molecule has 0 unspecified atom stereocenters. The highest BCUT2D eigenvalue weighted by Crippen LogP contribution is 2.31. The number of methoxy groups -OCH3 is 1. The molecule has 158 valence electrons. The zero-order valence-electron chi connectivity index (χ0n) is 16.1. The first-order valence-corrected chi connectivity index (χ1v) is 11.6. The van der Waals surface area contributed by atoms with Crippen molar-refractivity contribution in [1.82, 2.24) is 0 Å². The fourth-order valence-electron chi connectivity index (χ4n) is 2.60. The van der Waals surface area contributed by atoms with E-state index in [1.165, 1.54) is 37.4 Å². The molecule has 0 saturated carbocycles. The van der Waals surface area contributed by atoms with Gasteiger partial charge in [-0.25, -0.2) is 21.2 Å². The number of ether oxygens (including phenoxy) is 1. The van der Waals surface area contributed by atoms with Crippen molar-refractivity contribution in [2.75, 3.05) is 16.6 Å². The molecule has 3 aromatic carbocycles. The Balaban J connectivity index is 1.92. The molecule has 0 bridgehead atoms. The number of sulfonamides is 2. The molecule has 0 heterocycles. The summed E-state index contributed by atoms with van der Waals surface area (Å²) >= 11 is 0. The number of hydrogen-bond acceptors (Lipinski definition) is 5. The van der Waals surface area contributed by atoms with Crippen LogP contribution < -0.4 is 14.2 Å². The van der Waals surface area contributed by atoms with E-state index in [0.717, 1.165) is 29.8 Å². The van der Waals surface area contributed by atoms with Crippen LogP contribution in [0.15, 0.2) is 76.5 Å². The first kappa shape index (κ1) is 21.6.